The minimum absolute atomic E-state index is 0.774. The fourth-order valence-corrected chi connectivity index (χ4v) is 2.75. The first kappa shape index (κ1) is 14.4. The molecule has 0 aromatic heterocycles. The van der Waals surface area contributed by atoms with Gasteiger partial charge in [0.2, 0.25) is 0 Å². The van der Waals surface area contributed by atoms with Crippen LogP contribution in [0.5, 0.6) is 0 Å². The molecular formula is C16H27N3. The van der Waals surface area contributed by atoms with Gasteiger partial charge in [0.25, 0.3) is 0 Å². The lowest BCUT2D eigenvalue weighted by molar-refractivity contribution is 0.123. The highest BCUT2D eigenvalue weighted by atomic mass is 15.3. The highest BCUT2D eigenvalue weighted by Crippen LogP contribution is 2.12. The van der Waals surface area contributed by atoms with E-state index in [1.807, 2.05) is 12.1 Å². The lowest BCUT2D eigenvalue weighted by Crippen LogP contribution is -2.47. The molecule has 0 amide bonds. The van der Waals surface area contributed by atoms with E-state index in [1.165, 1.54) is 38.3 Å². The Bertz CT molecular complexity index is 381. The number of para-hydroxylation sites is 1. The molecule has 19 heavy (non-hydrogen) atoms. The van der Waals surface area contributed by atoms with Crippen molar-refractivity contribution < 1.29 is 0 Å². The third-order valence-corrected chi connectivity index (χ3v) is 3.84. The predicted molar refractivity (Wildman–Crippen MR) is 82.3 cm³/mol. The lowest BCUT2D eigenvalue weighted by atomic mass is 10.1. The standard InChI is InChI=1S/C16H27N3/c1-14(2)13-19-11-9-18(10-12-19)8-7-15-5-3-4-6-16(15)17/h3-6,14H,7-13,17H2,1-2H3. The Balaban J connectivity index is 1.73. The summed E-state index contributed by atoms with van der Waals surface area (Å²) in [6.07, 6.45) is 1.07. The fraction of sp³-hybridized carbons (Fsp3) is 0.625. The van der Waals surface area contributed by atoms with E-state index >= 15 is 0 Å². The summed E-state index contributed by atoms with van der Waals surface area (Å²) in [6, 6.07) is 8.22. The van der Waals surface area contributed by atoms with Crippen LogP contribution in [-0.2, 0) is 6.42 Å². The molecule has 1 aromatic carbocycles. The van der Waals surface area contributed by atoms with Crippen LogP contribution in [0.2, 0.25) is 0 Å². The SMILES string of the molecule is CC(C)CN1CCN(CCc2ccccc2N)CC1. The Hall–Kier alpha value is -1.06. The van der Waals surface area contributed by atoms with Crippen LogP contribution in [0.3, 0.4) is 0 Å². The van der Waals surface area contributed by atoms with E-state index in [2.05, 4.69) is 35.8 Å². The van der Waals surface area contributed by atoms with Gasteiger partial charge in [-0.05, 0) is 24.0 Å². The maximum atomic E-state index is 5.99. The van der Waals surface area contributed by atoms with Crippen molar-refractivity contribution in [1.29, 1.82) is 0 Å². The summed E-state index contributed by atoms with van der Waals surface area (Å²) in [5, 5.41) is 0. The van der Waals surface area contributed by atoms with Crippen molar-refractivity contribution in [2.45, 2.75) is 20.3 Å². The number of nitrogens with zero attached hydrogens (tertiary/aromatic N) is 2. The Morgan fingerprint density at radius 3 is 2.32 bits per heavy atom. The molecule has 0 saturated carbocycles. The number of anilines is 1. The van der Waals surface area contributed by atoms with Gasteiger partial charge in [-0.2, -0.15) is 0 Å². The normalized spacial score (nSPS) is 18.1. The predicted octanol–water partition coefficient (Wildman–Crippen LogP) is 2.08. The van der Waals surface area contributed by atoms with Crippen LogP contribution in [0.4, 0.5) is 5.69 Å². The highest BCUT2D eigenvalue weighted by Gasteiger charge is 2.17. The van der Waals surface area contributed by atoms with Crippen molar-refractivity contribution in [3.8, 4) is 0 Å². The van der Waals surface area contributed by atoms with E-state index in [0.717, 1.165) is 24.6 Å². The molecule has 2 rings (SSSR count). The van der Waals surface area contributed by atoms with Crippen LogP contribution in [0.1, 0.15) is 19.4 Å². The zero-order valence-corrected chi connectivity index (χ0v) is 12.3. The number of hydrogen-bond acceptors (Lipinski definition) is 3. The maximum absolute atomic E-state index is 5.99. The molecule has 0 atom stereocenters. The topological polar surface area (TPSA) is 32.5 Å². The Morgan fingerprint density at radius 2 is 1.68 bits per heavy atom. The smallest absolute Gasteiger partial charge is 0.0347 e. The molecule has 3 heteroatoms. The van der Waals surface area contributed by atoms with Crippen LogP contribution < -0.4 is 5.73 Å². The van der Waals surface area contributed by atoms with Gasteiger partial charge in [-0.25, -0.2) is 0 Å². The van der Waals surface area contributed by atoms with Gasteiger partial charge in [-0.15, -0.1) is 0 Å². The van der Waals surface area contributed by atoms with E-state index in [-0.39, 0.29) is 0 Å². The Morgan fingerprint density at radius 1 is 1.05 bits per heavy atom. The van der Waals surface area contributed by atoms with Crippen LogP contribution in [0.15, 0.2) is 24.3 Å². The van der Waals surface area contributed by atoms with Crippen molar-refractivity contribution in [2.75, 3.05) is 45.0 Å². The van der Waals surface area contributed by atoms with Crippen LogP contribution in [-0.4, -0.2) is 49.1 Å². The molecule has 0 bridgehead atoms. The zero-order valence-electron chi connectivity index (χ0n) is 12.3. The molecule has 1 aromatic rings. The second-order valence-electron chi connectivity index (χ2n) is 5.98. The van der Waals surface area contributed by atoms with Gasteiger partial charge in [-0.1, -0.05) is 32.0 Å². The molecule has 1 aliphatic heterocycles. The molecule has 3 nitrogen and oxygen atoms in total. The van der Waals surface area contributed by atoms with E-state index < -0.39 is 0 Å². The number of benzene rings is 1. The van der Waals surface area contributed by atoms with Gasteiger partial charge in [0.05, 0.1) is 0 Å². The number of piperazine rings is 1. The summed E-state index contributed by atoms with van der Waals surface area (Å²) in [5.74, 6) is 0.774. The molecule has 1 heterocycles. The third kappa shape index (κ3) is 4.51. The second kappa shape index (κ2) is 6.92. The van der Waals surface area contributed by atoms with Gasteiger partial charge >= 0.3 is 0 Å². The van der Waals surface area contributed by atoms with E-state index in [1.54, 1.807) is 0 Å². The summed E-state index contributed by atoms with van der Waals surface area (Å²) < 4.78 is 0. The summed E-state index contributed by atoms with van der Waals surface area (Å²) in [5.41, 5.74) is 8.20. The van der Waals surface area contributed by atoms with E-state index in [0.29, 0.717) is 0 Å². The second-order valence-corrected chi connectivity index (χ2v) is 5.98. The average molecular weight is 261 g/mol. The molecular weight excluding hydrogens is 234 g/mol. The summed E-state index contributed by atoms with van der Waals surface area (Å²) >= 11 is 0. The van der Waals surface area contributed by atoms with Gasteiger partial charge in [-0.3, -0.25) is 0 Å². The summed E-state index contributed by atoms with van der Waals surface area (Å²) in [7, 11) is 0. The molecule has 1 fully saturated rings. The van der Waals surface area contributed by atoms with Gasteiger partial charge in [0.1, 0.15) is 0 Å². The molecule has 106 valence electrons. The van der Waals surface area contributed by atoms with Crippen LogP contribution >= 0.6 is 0 Å². The molecule has 1 saturated heterocycles. The molecule has 1 aliphatic rings. The quantitative estimate of drug-likeness (QED) is 0.824. The first-order valence-corrected chi connectivity index (χ1v) is 7.43. The third-order valence-electron chi connectivity index (χ3n) is 3.84. The molecule has 2 N–H and O–H groups in total. The monoisotopic (exact) mass is 261 g/mol. The van der Waals surface area contributed by atoms with Gasteiger partial charge in [0.15, 0.2) is 0 Å². The van der Waals surface area contributed by atoms with E-state index in [4.69, 9.17) is 5.73 Å². The number of nitrogens with two attached hydrogens (primary N) is 1. The van der Waals surface area contributed by atoms with Crippen LogP contribution in [0.25, 0.3) is 0 Å². The highest BCUT2D eigenvalue weighted by molar-refractivity contribution is 5.46. The molecule has 0 unspecified atom stereocenters. The number of nitrogen functional groups attached to an aromatic ring is 1. The molecule has 0 spiro atoms. The Labute approximate surface area is 117 Å². The zero-order chi connectivity index (χ0) is 13.7. The largest absolute Gasteiger partial charge is 0.399 e. The summed E-state index contributed by atoms with van der Waals surface area (Å²) in [4.78, 5) is 5.14. The van der Waals surface area contributed by atoms with Crippen molar-refractivity contribution in [3.63, 3.8) is 0 Å². The average Bonchev–Trinajstić information content (AvgIpc) is 2.39. The van der Waals surface area contributed by atoms with Gasteiger partial charge in [0, 0.05) is 45.0 Å². The fourth-order valence-electron chi connectivity index (χ4n) is 2.75. The minimum Gasteiger partial charge on any atom is -0.399 e. The van der Waals surface area contributed by atoms with Gasteiger partial charge < -0.3 is 15.5 Å². The van der Waals surface area contributed by atoms with Crippen molar-refractivity contribution in [3.05, 3.63) is 29.8 Å². The molecule has 0 radical (unpaired) electrons. The first-order chi connectivity index (χ1) is 9.15. The maximum Gasteiger partial charge on any atom is 0.0347 e. The van der Waals surface area contributed by atoms with Crippen molar-refractivity contribution in [1.82, 2.24) is 9.80 Å². The summed E-state index contributed by atoms with van der Waals surface area (Å²) in [6.45, 7) is 11.8. The van der Waals surface area contributed by atoms with Crippen LogP contribution in [0, 0.1) is 5.92 Å². The Kier molecular flexibility index (Phi) is 5.23. The van der Waals surface area contributed by atoms with Crippen molar-refractivity contribution in [2.24, 2.45) is 5.92 Å². The van der Waals surface area contributed by atoms with E-state index in [9.17, 15) is 0 Å². The van der Waals surface area contributed by atoms with Crippen molar-refractivity contribution >= 4 is 5.69 Å². The number of rotatable bonds is 5. The molecule has 0 aliphatic carbocycles. The minimum atomic E-state index is 0.774. The lowest BCUT2D eigenvalue weighted by Gasteiger charge is -2.35. The first-order valence-electron chi connectivity index (χ1n) is 7.43. The number of hydrogen-bond donors (Lipinski definition) is 1.